The molecule has 0 aliphatic carbocycles. The summed E-state index contributed by atoms with van der Waals surface area (Å²) in [6, 6.07) is -7.40. The number of aliphatic hydroxyl groups is 30. The zero-order valence-electron chi connectivity index (χ0n) is 79.4. The van der Waals surface area contributed by atoms with Gasteiger partial charge in [-0.1, -0.05) is 13.8 Å². The Morgan fingerprint density at radius 2 is 0.616 bits per heavy atom. The van der Waals surface area contributed by atoms with Crippen LogP contribution in [0, 0.1) is 11.8 Å². The number of rotatable bonds is 43. The van der Waals surface area contributed by atoms with E-state index in [0.29, 0.717) is 0 Å². The van der Waals surface area contributed by atoms with Crippen molar-refractivity contribution < 1.29 is 291 Å². The lowest BCUT2D eigenvalue weighted by Crippen LogP contribution is -2.71. The molecule has 11 aliphatic heterocycles. The van der Waals surface area contributed by atoms with Gasteiger partial charge in [0.05, 0.1) is 122 Å². The molecule has 146 heavy (non-hydrogen) atoms. The highest BCUT2D eigenvalue weighted by atomic mass is 16.9. The topological polar surface area (TPSA) is 970 Å². The molecule has 11 rings (SSSR count). The number of aliphatic hydroxyl groups excluding tert-OH is 30. The van der Waals surface area contributed by atoms with Gasteiger partial charge in [0.2, 0.25) is 23.6 Å². The summed E-state index contributed by atoms with van der Waals surface area (Å²) >= 11 is 0. The van der Waals surface area contributed by atoms with Gasteiger partial charge in [0, 0.05) is 39.5 Å². The van der Waals surface area contributed by atoms with Crippen LogP contribution in [-0.4, -0.2) is 599 Å². The molecule has 0 aromatic rings. The second-order valence-corrected chi connectivity index (χ2v) is 37.4. The standard InChI is InChI=1S/C83H138N4O59/c1-23-30(103)8-82(126-21-97,144-64(23)47(107)32(105)10-88)125-20-42-51(111)58(118)61(121)77(136-42)138-67-38(16-94)133-75(45(56(67)116)86-28(6)101)142-72-59(119)49(109)34(12-90)130-80(72)124-19-41-53(113)70(62(122)78(135-41)139-68-39(17-95)132-74(44(55(68)115)85-27(5)100)137-66-37(15-93)128-25(3)43(54(66)114)84-26(4)99)141-81-73(60(120)50(110)35(13-91)131-81)143-76-46(87-29(7)102)57(117)69(40(18-96)134-76)140-79-63(123)71(52(112)36(14-92)129-79)146-83(127-22-98)9-31(104)24(2)65(145-83)48(108)33(106)11-89/h21-25,30-81,88-96,103-123H,8-20H2,1-7H3,(H,84,99)(H,85,100)(H,86,101)(H,87,102)/t23-,24-,25+,30?,31?,32-,33-,34?,35-,36?,37?,38?,39?,40?,41?,42?,43?,44?,45?,46?,47-,48-,49-,50-,51+,52+,53-,54-,55-,56?,57-,58+,59+,60?,61?,62?,63?,64?,65?,66-,67-,68-,69-,70+,71+,72?,73?,74+,75+,76+,77+,78+,79+,80+,81-,82+,83+/m1/s1. The van der Waals surface area contributed by atoms with E-state index in [4.69, 9.17) is 109 Å². The lowest BCUT2D eigenvalue weighted by molar-refractivity contribution is -0.448. The van der Waals surface area contributed by atoms with Crippen molar-refractivity contribution in [3.63, 3.8) is 0 Å². The highest BCUT2D eigenvalue weighted by Gasteiger charge is 2.65. The molecule has 11 heterocycles. The quantitative estimate of drug-likeness (QED) is 0.0199. The molecule has 11 saturated heterocycles. The summed E-state index contributed by atoms with van der Waals surface area (Å²) in [6.45, 7) is -5.30. The van der Waals surface area contributed by atoms with Crippen molar-refractivity contribution in [3.8, 4) is 0 Å². The highest BCUT2D eigenvalue weighted by molar-refractivity contribution is 5.74. The van der Waals surface area contributed by atoms with Gasteiger partial charge >= 0.3 is 11.9 Å². The van der Waals surface area contributed by atoms with Gasteiger partial charge in [-0.2, -0.15) is 0 Å². The molecule has 63 nitrogen and oxygen atoms in total. The molecule has 11 aliphatic rings. The molecule has 11 fully saturated rings. The van der Waals surface area contributed by atoms with Gasteiger partial charge in [-0.25, -0.2) is 0 Å². The summed E-state index contributed by atoms with van der Waals surface area (Å²) in [6.07, 6.45) is -106. The molecule has 0 radical (unpaired) electrons. The molecule has 0 aromatic carbocycles. The predicted molar refractivity (Wildman–Crippen MR) is 452 cm³/mol. The fourth-order valence-corrected chi connectivity index (χ4v) is 19.2. The average Bonchev–Trinajstić information content (AvgIpc) is 0.759. The Morgan fingerprint density at radius 3 is 1.03 bits per heavy atom. The first-order valence-corrected chi connectivity index (χ1v) is 46.9. The smallest absolute Gasteiger partial charge is 0.332 e. The van der Waals surface area contributed by atoms with E-state index < -0.39 is 458 Å². The third-order valence-corrected chi connectivity index (χ3v) is 27.3. The monoisotopic (exact) mass is 2130 g/mol. The van der Waals surface area contributed by atoms with E-state index in [1.54, 1.807) is 0 Å². The van der Waals surface area contributed by atoms with Crippen LogP contribution in [0.15, 0.2) is 0 Å². The van der Waals surface area contributed by atoms with Crippen LogP contribution in [0.5, 0.6) is 0 Å². The van der Waals surface area contributed by atoms with Crippen LogP contribution in [0.2, 0.25) is 0 Å². The van der Waals surface area contributed by atoms with E-state index in [1.807, 2.05) is 0 Å². The summed E-state index contributed by atoms with van der Waals surface area (Å²) in [5, 5.41) is 350. The number of hydrogen-bond donors (Lipinski definition) is 34. The normalized spacial score (nSPS) is 47.5. The minimum Gasteiger partial charge on any atom is -0.410 e. The van der Waals surface area contributed by atoms with Gasteiger partial charge < -0.3 is 283 Å². The predicted octanol–water partition coefficient (Wildman–Crippen LogP) is -22.3. The minimum atomic E-state index is -2.92. The van der Waals surface area contributed by atoms with E-state index in [9.17, 15) is 182 Å². The summed E-state index contributed by atoms with van der Waals surface area (Å²) in [5.41, 5.74) is 0. The summed E-state index contributed by atoms with van der Waals surface area (Å²) in [4.78, 5) is 76.3. The van der Waals surface area contributed by atoms with Gasteiger partial charge in [-0.3, -0.25) is 28.8 Å². The van der Waals surface area contributed by atoms with Crippen molar-refractivity contribution in [1.29, 1.82) is 0 Å². The number of carbonyl (C=O) groups excluding carboxylic acids is 6. The lowest BCUT2D eigenvalue weighted by atomic mass is 9.87. The van der Waals surface area contributed by atoms with Gasteiger partial charge in [-0.05, 0) is 6.92 Å². The van der Waals surface area contributed by atoms with Crippen molar-refractivity contribution in [2.75, 3.05) is 72.7 Å². The van der Waals surface area contributed by atoms with Crippen LogP contribution >= 0.6 is 0 Å². The number of nitrogens with one attached hydrogen (secondary N) is 4. The number of ether oxygens (including phenoxy) is 23. The molecular formula is C83H138N4O59. The Hall–Kier alpha value is -5.22. The fraction of sp³-hybridized carbons (Fsp3) is 0.928. The first-order chi connectivity index (χ1) is 69.0. The zero-order valence-corrected chi connectivity index (χ0v) is 79.4. The SMILES string of the molecule is CC(=O)NC1C(O)[C@H](O[C@@H]2OC(CO[C@]3(OC=O)CC(O)[C@@H](C)C([C@H](O)[C@H](O)CO)O3)[C@H](O)[C@H](O)C2O)C(CO)O[C@H]1OC1[C@@H](OCC2O[C@@H](O[C@@H]3C(CO)O[C@@H](O[C@@H]4C(CO)O[C@@H](C)C(NC(C)=O)[C@H]4O)C(NC(C)=O)[C@H]3O)C(O)[C@@H](O[C@H]3O[C@H](CO)[C@@H](O)C(O)C3O[C@@H]3OC(CO)[C@@H](O[C@@H]4OC(CO)[C@H](O)[C@H](O[C@]5(OC=O)CC(O)[C@@H](C)C([C@H](O)[C@H](O)CO)O5)C4O)[C@H](O)C3NC(C)=O)[C@@H]2O)OC(CO)[C@@H](O)[C@@H]1O. The van der Waals surface area contributed by atoms with Crippen LogP contribution in [0.1, 0.15) is 61.3 Å². The lowest BCUT2D eigenvalue weighted by Gasteiger charge is -2.51. The zero-order chi connectivity index (χ0) is 108. The molecule has 23 unspecified atom stereocenters. The van der Waals surface area contributed by atoms with E-state index in [2.05, 4.69) is 21.3 Å². The molecule has 34 N–H and O–H groups in total. The summed E-state index contributed by atoms with van der Waals surface area (Å²) in [7, 11) is 0. The molecule has 844 valence electrons. The Kier molecular flexibility index (Phi) is 43.8. The summed E-state index contributed by atoms with van der Waals surface area (Å²) < 4.78 is 137. The van der Waals surface area contributed by atoms with Crippen LogP contribution in [0.3, 0.4) is 0 Å². The molecule has 57 atom stereocenters. The Balaban J connectivity index is 0.896. The van der Waals surface area contributed by atoms with Crippen molar-refractivity contribution in [3.05, 3.63) is 0 Å². The number of carbonyl (C=O) groups is 6. The molecule has 4 amide bonds. The molecule has 0 spiro atoms. The highest BCUT2D eigenvalue weighted by Crippen LogP contribution is 2.45. The first-order valence-electron chi connectivity index (χ1n) is 46.9. The maximum atomic E-state index is 13.4. The Labute approximate surface area is 828 Å². The number of amides is 4. The van der Waals surface area contributed by atoms with Crippen molar-refractivity contribution in [1.82, 2.24) is 21.3 Å². The maximum Gasteiger partial charge on any atom is 0.332 e. The van der Waals surface area contributed by atoms with Crippen LogP contribution in [0.4, 0.5) is 0 Å². The van der Waals surface area contributed by atoms with E-state index in [0.717, 1.165) is 27.7 Å². The maximum absolute atomic E-state index is 13.4. The largest absolute Gasteiger partial charge is 0.410 e. The second kappa shape index (κ2) is 52.8. The van der Waals surface area contributed by atoms with Gasteiger partial charge in [0.1, 0.15) is 238 Å². The molecule has 0 aromatic heterocycles. The van der Waals surface area contributed by atoms with Crippen molar-refractivity contribution in [2.24, 2.45) is 11.8 Å². The van der Waals surface area contributed by atoms with Gasteiger partial charge in [0.25, 0.3) is 12.9 Å². The van der Waals surface area contributed by atoms with Crippen LogP contribution < -0.4 is 21.3 Å². The summed E-state index contributed by atoms with van der Waals surface area (Å²) in [5.74, 6) is -11.5. The molecule has 0 saturated carbocycles. The molecule has 0 bridgehead atoms. The molecular weight excluding hydrogens is 2000 g/mol. The Morgan fingerprint density at radius 1 is 0.315 bits per heavy atom. The average molecular weight is 2140 g/mol. The third-order valence-electron chi connectivity index (χ3n) is 27.3. The minimum absolute atomic E-state index is 0.202. The van der Waals surface area contributed by atoms with Crippen LogP contribution in [0.25, 0.3) is 0 Å². The van der Waals surface area contributed by atoms with Gasteiger partial charge in [0.15, 0.2) is 50.3 Å². The second-order valence-electron chi connectivity index (χ2n) is 37.4. The van der Waals surface area contributed by atoms with Crippen molar-refractivity contribution >= 4 is 36.6 Å². The molecule has 63 heteroatoms. The van der Waals surface area contributed by atoms with E-state index in [1.165, 1.54) is 20.8 Å². The third kappa shape index (κ3) is 26.9. The number of hydrogen-bond acceptors (Lipinski definition) is 59. The fourth-order valence-electron chi connectivity index (χ4n) is 19.2. The van der Waals surface area contributed by atoms with Crippen molar-refractivity contribution in [2.45, 2.75) is 398 Å². The Bertz CT molecular complexity index is 4070. The van der Waals surface area contributed by atoms with Gasteiger partial charge in [-0.15, -0.1) is 0 Å². The first kappa shape index (κ1) is 121. The van der Waals surface area contributed by atoms with Crippen LogP contribution in [-0.2, 0) is 138 Å². The van der Waals surface area contributed by atoms with E-state index in [-0.39, 0.29) is 12.9 Å². The van der Waals surface area contributed by atoms with E-state index >= 15 is 0 Å².